The van der Waals surface area contributed by atoms with Gasteiger partial charge in [0.05, 0.1) is 29.9 Å². The summed E-state index contributed by atoms with van der Waals surface area (Å²) in [4.78, 5) is 3.53. The van der Waals surface area contributed by atoms with Crippen LogP contribution in [-0.4, -0.2) is 32.0 Å². The summed E-state index contributed by atoms with van der Waals surface area (Å²) in [6, 6.07) is 2.87. The van der Waals surface area contributed by atoms with Crippen molar-refractivity contribution in [3.63, 3.8) is 0 Å². The van der Waals surface area contributed by atoms with Gasteiger partial charge in [-0.05, 0) is 31.0 Å². The van der Waals surface area contributed by atoms with Crippen molar-refractivity contribution in [2.75, 3.05) is 5.32 Å². The van der Waals surface area contributed by atoms with E-state index in [0.717, 1.165) is 17.7 Å². The number of hydrogen-bond donors (Lipinski definition) is 2. The Hall–Kier alpha value is -2.60. The third-order valence-electron chi connectivity index (χ3n) is 3.97. The molecule has 1 aliphatic carbocycles. The number of alkyl halides is 3. The molecule has 3 rings (SSSR count). The second-order valence-corrected chi connectivity index (χ2v) is 5.74. The number of nitrogens with one attached hydrogen (secondary N) is 1. The zero-order chi connectivity index (χ0) is 17.5. The molecule has 1 saturated carbocycles. The zero-order valence-corrected chi connectivity index (χ0v) is 12.6. The van der Waals surface area contributed by atoms with Crippen LogP contribution in [0.25, 0.3) is 0 Å². The van der Waals surface area contributed by atoms with Gasteiger partial charge in [-0.3, -0.25) is 4.68 Å². The Morgan fingerprint density at radius 3 is 2.71 bits per heavy atom. The maximum absolute atomic E-state index is 12.8. The first-order valence-electron chi connectivity index (χ1n) is 7.23. The van der Waals surface area contributed by atoms with Crippen LogP contribution in [0.1, 0.15) is 29.3 Å². The van der Waals surface area contributed by atoms with E-state index in [2.05, 4.69) is 15.4 Å². The van der Waals surface area contributed by atoms with Crippen molar-refractivity contribution in [2.45, 2.75) is 37.7 Å². The van der Waals surface area contributed by atoms with Crippen molar-refractivity contribution in [3.05, 3.63) is 41.3 Å². The lowest BCUT2D eigenvalue weighted by Gasteiger charge is -2.42. The molecular weight excluding hydrogens is 323 g/mol. The van der Waals surface area contributed by atoms with Gasteiger partial charge in [0.15, 0.2) is 0 Å². The van der Waals surface area contributed by atoms with Crippen LogP contribution in [0.15, 0.2) is 24.5 Å². The molecular formula is C15H14F3N5O. The second kappa shape index (κ2) is 5.79. The number of aryl methyl sites for hydroxylation is 1. The normalized spacial score (nSPS) is 23.4. The fraction of sp³-hybridized carbons (Fsp3) is 0.400. The van der Waals surface area contributed by atoms with Crippen molar-refractivity contribution < 1.29 is 18.3 Å². The topological polar surface area (TPSA) is 86.8 Å². The van der Waals surface area contributed by atoms with Crippen molar-refractivity contribution in [1.29, 1.82) is 5.26 Å². The van der Waals surface area contributed by atoms with Crippen molar-refractivity contribution in [1.82, 2.24) is 14.8 Å². The van der Waals surface area contributed by atoms with Crippen molar-refractivity contribution in [2.24, 2.45) is 0 Å². The molecule has 9 heteroatoms. The SMILES string of the molecule is Cc1cnn([C@H]2[C@H](O)C[C@@H]2Nc2nc(C(F)(F)F)ccc2C#N)c1. The predicted molar refractivity (Wildman–Crippen MR) is 78.0 cm³/mol. The van der Waals surface area contributed by atoms with Gasteiger partial charge in [0.1, 0.15) is 17.6 Å². The van der Waals surface area contributed by atoms with E-state index in [1.807, 2.05) is 13.0 Å². The molecule has 2 aromatic rings. The molecule has 2 heterocycles. The minimum atomic E-state index is -4.60. The molecule has 0 spiro atoms. The van der Waals surface area contributed by atoms with E-state index in [1.165, 1.54) is 0 Å². The first kappa shape index (κ1) is 16.3. The maximum Gasteiger partial charge on any atom is 0.433 e. The Morgan fingerprint density at radius 2 is 2.17 bits per heavy atom. The molecule has 0 amide bonds. The highest BCUT2D eigenvalue weighted by Crippen LogP contribution is 2.36. The van der Waals surface area contributed by atoms with Gasteiger partial charge in [-0.25, -0.2) is 4.98 Å². The van der Waals surface area contributed by atoms with Crippen LogP contribution in [0.4, 0.5) is 19.0 Å². The highest BCUT2D eigenvalue weighted by atomic mass is 19.4. The summed E-state index contributed by atoms with van der Waals surface area (Å²) in [5.41, 5.74) is -0.155. The number of hydrogen-bond acceptors (Lipinski definition) is 5. The monoisotopic (exact) mass is 337 g/mol. The molecule has 6 nitrogen and oxygen atoms in total. The average Bonchev–Trinajstić information content (AvgIpc) is 2.91. The van der Waals surface area contributed by atoms with Gasteiger partial charge in [0.25, 0.3) is 0 Å². The quantitative estimate of drug-likeness (QED) is 0.897. The molecule has 1 fully saturated rings. The van der Waals surface area contributed by atoms with Crippen LogP contribution < -0.4 is 5.32 Å². The molecule has 0 radical (unpaired) electrons. The zero-order valence-electron chi connectivity index (χ0n) is 12.6. The Labute approximate surface area is 135 Å². The molecule has 2 aromatic heterocycles. The number of nitrogens with zero attached hydrogens (tertiary/aromatic N) is 4. The van der Waals surface area contributed by atoms with E-state index in [9.17, 15) is 18.3 Å². The average molecular weight is 337 g/mol. The molecule has 0 bridgehead atoms. The summed E-state index contributed by atoms with van der Waals surface area (Å²) in [6.07, 6.45) is -1.56. The Morgan fingerprint density at radius 1 is 1.42 bits per heavy atom. The molecule has 0 saturated heterocycles. The van der Waals surface area contributed by atoms with E-state index < -0.39 is 24.0 Å². The van der Waals surface area contributed by atoms with E-state index >= 15 is 0 Å². The Kier molecular flexibility index (Phi) is 3.93. The summed E-state index contributed by atoms with van der Waals surface area (Å²) in [6.45, 7) is 1.85. The summed E-state index contributed by atoms with van der Waals surface area (Å²) in [5.74, 6) is -0.141. The number of aliphatic hydroxyl groups is 1. The first-order chi connectivity index (χ1) is 11.3. The molecule has 126 valence electrons. The minimum absolute atomic E-state index is 0.0137. The standard InChI is InChI=1S/C15H14F3N5O/c1-8-6-20-23(7-8)13-10(4-11(13)24)21-14-9(5-19)2-3-12(22-14)15(16,17)18/h2-3,6-7,10-11,13,24H,4H2,1H3,(H,21,22)/t10-,11+,13+/m0/s1. The summed E-state index contributed by atoms with van der Waals surface area (Å²) < 4.78 is 40.0. The Balaban J connectivity index is 1.86. The fourth-order valence-electron chi connectivity index (χ4n) is 2.71. The number of aliphatic hydroxyl groups excluding tert-OH is 1. The van der Waals surface area contributed by atoms with E-state index in [0.29, 0.717) is 6.42 Å². The van der Waals surface area contributed by atoms with Gasteiger partial charge in [0.2, 0.25) is 0 Å². The van der Waals surface area contributed by atoms with Gasteiger partial charge in [0, 0.05) is 6.20 Å². The van der Waals surface area contributed by atoms with Crippen LogP contribution in [-0.2, 0) is 6.18 Å². The lowest BCUT2D eigenvalue weighted by molar-refractivity contribution is -0.141. The lowest BCUT2D eigenvalue weighted by atomic mass is 9.83. The lowest BCUT2D eigenvalue weighted by Crippen LogP contribution is -2.51. The number of anilines is 1. The molecule has 0 unspecified atom stereocenters. The van der Waals surface area contributed by atoms with Gasteiger partial charge >= 0.3 is 6.18 Å². The van der Waals surface area contributed by atoms with E-state index in [4.69, 9.17) is 5.26 Å². The maximum atomic E-state index is 12.8. The molecule has 0 aromatic carbocycles. The number of halogens is 3. The number of nitriles is 1. The van der Waals surface area contributed by atoms with Crippen LogP contribution >= 0.6 is 0 Å². The molecule has 2 N–H and O–H groups in total. The van der Waals surface area contributed by atoms with Gasteiger partial charge in [-0.1, -0.05) is 0 Å². The van der Waals surface area contributed by atoms with Crippen molar-refractivity contribution >= 4 is 5.82 Å². The summed E-state index contributed by atoms with van der Waals surface area (Å²) in [7, 11) is 0. The van der Waals surface area contributed by atoms with Gasteiger partial charge in [-0.2, -0.15) is 23.5 Å². The number of aromatic nitrogens is 3. The van der Waals surface area contributed by atoms with Crippen LogP contribution in [0, 0.1) is 18.3 Å². The smallest absolute Gasteiger partial charge is 0.391 e. The molecule has 1 aliphatic rings. The molecule has 0 aliphatic heterocycles. The minimum Gasteiger partial charge on any atom is -0.391 e. The van der Waals surface area contributed by atoms with Gasteiger partial charge < -0.3 is 10.4 Å². The van der Waals surface area contributed by atoms with Crippen molar-refractivity contribution in [3.8, 4) is 6.07 Å². The molecule has 24 heavy (non-hydrogen) atoms. The largest absolute Gasteiger partial charge is 0.433 e. The third-order valence-corrected chi connectivity index (χ3v) is 3.97. The highest BCUT2D eigenvalue weighted by molar-refractivity contribution is 5.53. The fourth-order valence-corrected chi connectivity index (χ4v) is 2.71. The highest BCUT2D eigenvalue weighted by Gasteiger charge is 2.43. The van der Waals surface area contributed by atoms with E-state index in [-0.39, 0.29) is 17.4 Å². The molecule has 3 atom stereocenters. The summed E-state index contributed by atoms with van der Waals surface area (Å²) in [5, 5.41) is 26.0. The van der Waals surface area contributed by atoms with E-state index in [1.54, 1.807) is 17.1 Å². The number of rotatable bonds is 3. The van der Waals surface area contributed by atoms with Crippen LogP contribution in [0.2, 0.25) is 0 Å². The third kappa shape index (κ3) is 2.92. The van der Waals surface area contributed by atoms with Crippen LogP contribution in [0.3, 0.4) is 0 Å². The Bertz CT molecular complexity index is 795. The van der Waals surface area contributed by atoms with Gasteiger partial charge in [-0.15, -0.1) is 0 Å². The number of pyridine rings is 1. The second-order valence-electron chi connectivity index (χ2n) is 5.74. The first-order valence-corrected chi connectivity index (χ1v) is 7.23. The predicted octanol–water partition coefficient (Wildman–Crippen LogP) is 2.26. The van der Waals surface area contributed by atoms with Crippen LogP contribution in [0.5, 0.6) is 0 Å². The summed E-state index contributed by atoms with van der Waals surface area (Å²) >= 11 is 0.